The number of pyridine rings is 1. The molecule has 4 rings (SSSR count). The molecule has 1 unspecified atom stereocenters. The van der Waals surface area contributed by atoms with Gasteiger partial charge in [-0.3, -0.25) is 9.38 Å². The van der Waals surface area contributed by atoms with Gasteiger partial charge in [-0.2, -0.15) is 0 Å². The van der Waals surface area contributed by atoms with E-state index in [1.165, 1.54) is 0 Å². The van der Waals surface area contributed by atoms with Crippen LogP contribution in [0, 0.1) is 0 Å². The van der Waals surface area contributed by atoms with Crippen LogP contribution in [0.2, 0.25) is 0 Å². The minimum atomic E-state index is 0.428. The molecule has 3 aromatic rings. The van der Waals surface area contributed by atoms with Crippen LogP contribution in [-0.4, -0.2) is 52.2 Å². The first kappa shape index (κ1) is 18.3. The highest BCUT2D eigenvalue weighted by atomic mass is 16.5. The number of rotatable bonds is 5. The van der Waals surface area contributed by atoms with E-state index in [2.05, 4.69) is 32.5 Å². The highest BCUT2D eigenvalue weighted by Crippen LogP contribution is 2.19. The number of hydrogen-bond donors (Lipinski definition) is 2. The van der Waals surface area contributed by atoms with E-state index in [1.807, 2.05) is 35.0 Å². The second kappa shape index (κ2) is 9.26. The lowest BCUT2D eigenvalue weighted by Gasteiger charge is -2.12. The maximum Gasteiger partial charge on any atom is 0.145 e. The number of fused-ring (bicyclic) bond motifs is 1. The molecule has 1 aliphatic heterocycles. The van der Waals surface area contributed by atoms with Crippen LogP contribution in [-0.2, 0) is 4.74 Å². The Morgan fingerprint density at radius 1 is 1.31 bits per heavy atom. The lowest BCUT2D eigenvalue weighted by atomic mass is 10.2. The van der Waals surface area contributed by atoms with Crippen LogP contribution >= 0.6 is 0 Å². The predicted molar refractivity (Wildman–Crippen MR) is 103 cm³/mol. The van der Waals surface area contributed by atoms with Crippen molar-refractivity contribution in [2.45, 2.75) is 25.8 Å². The van der Waals surface area contributed by atoms with Crippen molar-refractivity contribution in [3.05, 3.63) is 43.0 Å². The third kappa shape index (κ3) is 4.56. The Labute approximate surface area is 153 Å². The fourth-order valence-electron chi connectivity index (χ4n) is 2.87. The van der Waals surface area contributed by atoms with Crippen LogP contribution in [0.15, 0.2) is 43.0 Å². The minimum Gasteiger partial charge on any atom is -0.385 e. The van der Waals surface area contributed by atoms with Gasteiger partial charge in [0.15, 0.2) is 0 Å². The van der Waals surface area contributed by atoms with Gasteiger partial charge in [0.05, 0.1) is 24.3 Å². The van der Waals surface area contributed by atoms with Crippen molar-refractivity contribution in [1.82, 2.24) is 24.7 Å². The van der Waals surface area contributed by atoms with Crippen molar-refractivity contribution in [2.75, 3.05) is 32.1 Å². The van der Waals surface area contributed by atoms with Crippen LogP contribution in [0.25, 0.3) is 17.0 Å². The Balaban J connectivity index is 0.000000349. The van der Waals surface area contributed by atoms with E-state index in [0.717, 1.165) is 55.4 Å². The quantitative estimate of drug-likeness (QED) is 0.733. The Hall–Kier alpha value is -2.51. The van der Waals surface area contributed by atoms with Crippen molar-refractivity contribution in [2.24, 2.45) is 0 Å². The van der Waals surface area contributed by atoms with Crippen molar-refractivity contribution < 1.29 is 4.74 Å². The first-order valence-electron chi connectivity index (χ1n) is 9.02. The van der Waals surface area contributed by atoms with Gasteiger partial charge in [-0.25, -0.2) is 9.97 Å². The minimum absolute atomic E-state index is 0.428. The number of imidazole rings is 1. The fourth-order valence-corrected chi connectivity index (χ4v) is 2.87. The number of methoxy groups -OCH3 is 1. The van der Waals surface area contributed by atoms with Gasteiger partial charge in [0.1, 0.15) is 17.2 Å². The molecule has 0 aromatic carbocycles. The van der Waals surface area contributed by atoms with Crippen LogP contribution < -0.4 is 10.6 Å². The van der Waals surface area contributed by atoms with Crippen LogP contribution in [0.5, 0.6) is 0 Å². The number of aromatic nitrogens is 4. The summed E-state index contributed by atoms with van der Waals surface area (Å²) in [4.78, 5) is 13.4. The monoisotopic (exact) mass is 354 g/mol. The molecule has 3 aromatic heterocycles. The average Bonchev–Trinajstić information content (AvgIpc) is 3.33. The Kier molecular flexibility index (Phi) is 6.51. The zero-order valence-electron chi connectivity index (χ0n) is 15.4. The molecule has 7 nitrogen and oxygen atoms in total. The summed E-state index contributed by atoms with van der Waals surface area (Å²) >= 11 is 0. The predicted octanol–water partition coefficient (Wildman–Crippen LogP) is 2.61. The van der Waals surface area contributed by atoms with Crippen LogP contribution in [0.1, 0.15) is 19.8 Å². The molecule has 1 fully saturated rings. The van der Waals surface area contributed by atoms with E-state index in [4.69, 9.17) is 4.74 Å². The molecule has 0 aliphatic carbocycles. The lowest BCUT2D eigenvalue weighted by Crippen LogP contribution is -2.22. The van der Waals surface area contributed by atoms with Gasteiger partial charge >= 0.3 is 0 Å². The van der Waals surface area contributed by atoms with Crippen LogP contribution in [0.3, 0.4) is 0 Å². The molecule has 2 N–H and O–H groups in total. The van der Waals surface area contributed by atoms with E-state index < -0.39 is 0 Å². The standard InChI is InChI=1S/C15H16N6.C4H10O/c1-2-6-21-13(9-18-15(21)3-1)12-8-17-10-14(20-12)19-11-4-5-16-7-11;1-3-4-5-2/h1-3,6,8-11,16H,4-5,7H2,(H,19,20);3-4H2,1-2H3. The van der Waals surface area contributed by atoms with Gasteiger partial charge in [0.25, 0.3) is 0 Å². The summed E-state index contributed by atoms with van der Waals surface area (Å²) in [6.07, 6.45) is 9.60. The molecule has 26 heavy (non-hydrogen) atoms. The molecule has 0 radical (unpaired) electrons. The summed E-state index contributed by atoms with van der Waals surface area (Å²) in [6, 6.07) is 6.36. The fraction of sp³-hybridized carbons (Fsp3) is 0.421. The maximum atomic E-state index is 4.69. The molecule has 138 valence electrons. The number of ether oxygens (including phenoxy) is 1. The topological polar surface area (TPSA) is 76.4 Å². The second-order valence-electron chi connectivity index (χ2n) is 6.19. The van der Waals surface area contributed by atoms with Crippen molar-refractivity contribution >= 4 is 11.5 Å². The average molecular weight is 354 g/mol. The van der Waals surface area contributed by atoms with E-state index in [0.29, 0.717) is 6.04 Å². The second-order valence-corrected chi connectivity index (χ2v) is 6.19. The van der Waals surface area contributed by atoms with Gasteiger partial charge in [0, 0.05) is 32.5 Å². The van der Waals surface area contributed by atoms with Crippen molar-refractivity contribution in [1.29, 1.82) is 0 Å². The summed E-state index contributed by atoms with van der Waals surface area (Å²) in [5.74, 6) is 0.812. The Morgan fingerprint density at radius 3 is 2.96 bits per heavy atom. The number of hydrogen-bond acceptors (Lipinski definition) is 6. The number of anilines is 1. The maximum absolute atomic E-state index is 4.69. The molecule has 0 saturated carbocycles. The Morgan fingerprint density at radius 2 is 2.23 bits per heavy atom. The summed E-state index contributed by atoms with van der Waals surface area (Å²) in [6.45, 7) is 5.00. The molecular weight excluding hydrogens is 328 g/mol. The summed E-state index contributed by atoms with van der Waals surface area (Å²) in [5, 5.41) is 6.76. The zero-order valence-corrected chi connectivity index (χ0v) is 15.4. The summed E-state index contributed by atoms with van der Waals surface area (Å²) in [7, 11) is 1.71. The van der Waals surface area contributed by atoms with E-state index in [-0.39, 0.29) is 0 Å². The van der Waals surface area contributed by atoms with E-state index in [9.17, 15) is 0 Å². The molecule has 7 heteroatoms. The van der Waals surface area contributed by atoms with Crippen molar-refractivity contribution in [3.8, 4) is 11.4 Å². The summed E-state index contributed by atoms with van der Waals surface area (Å²) in [5.41, 5.74) is 2.68. The first-order valence-corrected chi connectivity index (χ1v) is 9.02. The van der Waals surface area contributed by atoms with Gasteiger partial charge < -0.3 is 15.4 Å². The third-order valence-corrected chi connectivity index (χ3v) is 4.13. The smallest absolute Gasteiger partial charge is 0.145 e. The van der Waals surface area contributed by atoms with Gasteiger partial charge in [-0.15, -0.1) is 0 Å². The molecule has 4 heterocycles. The number of nitrogens with zero attached hydrogens (tertiary/aromatic N) is 4. The molecule has 1 saturated heterocycles. The summed E-state index contributed by atoms with van der Waals surface area (Å²) < 4.78 is 6.71. The molecule has 0 spiro atoms. The van der Waals surface area contributed by atoms with Crippen LogP contribution in [0.4, 0.5) is 5.82 Å². The van der Waals surface area contributed by atoms with Crippen molar-refractivity contribution in [3.63, 3.8) is 0 Å². The van der Waals surface area contributed by atoms with Gasteiger partial charge in [-0.1, -0.05) is 13.0 Å². The van der Waals surface area contributed by atoms with E-state index in [1.54, 1.807) is 19.5 Å². The molecule has 0 amide bonds. The van der Waals surface area contributed by atoms with Gasteiger partial charge in [-0.05, 0) is 31.5 Å². The van der Waals surface area contributed by atoms with Gasteiger partial charge in [0.2, 0.25) is 0 Å². The molecular formula is C19H26N6O. The number of nitrogens with one attached hydrogen (secondary N) is 2. The SMILES string of the molecule is CCCOC.c1ccn2c(-c3cncc(NC4CCNC4)n3)cnc2c1. The zero-order chi connectivity index (χ0) is 18.2. The highest BCUT2D eigenvalue weighted by Gasteiger charge is 2.15. The first-order chi connectivity index (χ1) is 12.8. The highest BCUT2D eigenvalue weighted by molar-refractivity contribution is 5.60. The molecule has 0 bridgehead atoms. The molecule has 1 atom stereocenters. The Bertz CT molecular complexity index is 810. The van der Waals surface area contributed by atoms with E-state index >= 15 is 0 Å². The third-order valence-electron chi connectivity index (χ3n) is 4.13. The normalized spacial score (nSPS) is 16.3. The molecule has 1 aliphatic rings. The largest absolute Gasteiger partial charge is 0.385 e. The lowest BCUT2D eigenvalue weighted by molar-refractivity contribution is 0.199.